The molecule has 4 heterocycles. The molecule has 30 heavy (non-hydrogen) atoms. The highest BCUT2D eigenvalue weighted by Crippen LogP contribution is 2.38. The number of carbonyl (C=O) groups excluding carboxylic acids is 1. The summed E-state index contributed by atoms with van der Waals surface area (Å²) >= 11 is 0. The molecule has 0 saturated heterocycles. The van der Waals surface area contributed by atoms with Gasteiger partial charge in [-0.3, -0.25) is 4.79 Å². The zero-order valence-corrected chi connectivity index (χ0v) is 17.2. The zero-order chi connectivity index (χ0) is 21.2. The van der Waals surface area contributed by atoms with E-state index in [4.69, 9.17) is 9.72 Å². The van der Waals surface area contributed by atoms with Crippen LogP contribution in [0.4, 0.5) is 0 Å². The second-order valence-electron chi connectivity index (χ2n) is 8.32. The summed E-state index contributed by atoms with van der Waals surface area (Å²) in [4.78, 5) is 32.5. The molecule has 2 aliphatic heterocycles. The van der Waals surface area contributed by atoms with Crippen LogP contribution in [0.1, 0.15) is 35.6 Å². The number of aliphatic hydroxyl groups is 1. The van der Waals surface area contributed by atoms with E-state index in [2.05, 4.69) is 17.0 Å². The molecule has 0 amide bonds. The fourth-order valence-corrected chi connectivity index (χ4v) is 4.54. The Morgan fingerprint density at radius 2 is 2.07 bits per heavy atom. The van der Waals surface area contributed by atoms with Crippen molar-refractivity contribution < 1.29 is 14.6 Å². The Hall–Kier alpha value is -3.03. The molecule has 0 fully saturated rings. The third-order valence-corrected chi connectivity index (χ3v) is 6.13. The first-order valence-corrected chi connectivity index (χ1v) is 10.1. The van der Waals surface area contributed by atoms with Crippen LogP contribution in [0.5, 0.6) is 0 Å². The Balaban J connectivity index is 1.74. The van der Waals surface area contributed by atoms with Crippen molar-refractivity contribution in [3.63, 3.8) is 0 Å². The first-order chi connectivity index (χ1) is 14.3. The Bertz CT molecular complexity index is 1280. The van der Waals surface area contributed by atoms with Gasteiger partial charge in [0, 0.05) is 23.1 Å². The first-order valence-electron chi connectivity index (χ1n) is 10.1. The van der Waals surface area contributed by atoms with Crippen molar-refractivity contribution in [2.24, 2.45) is 0 Å². The molecule has 0 spiro atoms. The van der Waals surface area contributed by atoms with Crippen LogP contribution in [0, 0.1) is 0 Å². The second kappa shape index (κ2) is 6.48. The van der Waals surface area contributed by atoms with E-state index in [-0.39, 0.29) is 18.6 Å². The van der Waals surface area contributed by atoms with Gasteiger partial charge in [0.1, 0.15) is 6.61 Å². The van der Waals surface area contributed by atoms with Crippen LogP contribution in [-0.2, 0) is 34.8 Å². The minimum atomic E-state index is -1.80. The maximum atomic E-state index is 13.2. The van der Waals surface area contributed by atoms with E-state index in [1.807, 2.05) is 26.2 Å². The number of ether oxygens (including phenoxy) is 1. The summed E-state index contributed by atoms with van der Waals surface area (Å²) in [5.41, 5.74) is 2.99. The summed E-state index contributed by atoms with van der Waals surface area (Å²) in [5, 5.41) is 12.0. The average Bonchev–Trinajstić information content (AvgIpc) is 3.08. The number of esters is 1. The van der Waals surface area contributed by atoms with E-state index in [1.165, 1.54) is 5.56 Å². The Kier molecular flexibility index (Phi) is 4.10. The van der Waals surface area contributed by atoms with Crippen molar-refractivity contribution in [3.8, 4) is 11.4 Å². The number of aromatic nitrogens is 2. The molecule has 7 nitrogen and oxygen atoms in total. The number of carbonyl (C=O) groups is 1. The maximum Gasteiger partial charge on any atom is 0.343 e. The number of fused-ring (bicyclic) bond motifs is 5. The SMILES string of the molecule is CC[C@@]1(O)C(=O)OCc2c1cc1n(c2=O)Cc2cc3c(CN(C)C)cccc3nc2-1. The summed E-state index contributed by atoms with van der Waals surface area (Å²) in [6, 6.07) is 9.90. The molecule has 0 radical (unpaired) electrons. The van der Waals surface area contributed by atoms with Gasteiger partial charge in [-0.05, 0) is 44.3 Å². The molecule has 0 saturated carbocycles. The molecule has 5 rings (SSSR count). The predicted molar refractivity (Wildman–Crippen MR) is 112 cm³/mol. The molecular weight excluding hydrogens is 382 g/mol. The van der Waals surface area contributed by atoms with Gasteiger partial charge >= 0.3 is 5.97 Å². The van der Waals surface area contributed by atoms with E-state index in [9.17, 15) is 14.7 Å². The van der Waals surface area contributed by atoms with Gasteiger partial charge in [0.2, 0.25) is 0 Å². The molecule has 1 N–H and O–H groups in total. The lowest BCUT2D eigenvalue weighted by Gasteiger charge is -2.31. The van der Waals surface area contributed by atoms with Gasteiger partial charge in [-0.1, -0.05) is 19.1 Å². The molecule has 2 aromatic heterocycles. The number of hydrogen-bond donors (Lipinski definition) is 1. The molecule has 0 unspecified atom stereocenters. The molecule has 0 bridgehead atoms. The van der Waals surface area contributed by atoms with Crippen LogP contribution < -0.4 is 5.56 Å². The van der Waals surface area contributed by atoms with Crippen molar-refractivity contribution in [2.75, 3.05) is 14.1 Å². The van der Waals surface area contributed by atoms with Crippen molar-refractivity contribution in [2.45, 2.75) is 38.6 Å². The van der Waals surface area contributed by atoms with Gasteiger partial charge < -0.3 is 19.3 Å². The van der Waals surface area contributed by atoms with E-state index >= 15 is 0 Å². The van der Waals surface area contributed by atoms with Gasteiger partial charge in [-0.15, -0.1) is 0 Å². The lowest BCUT2D eigenvalue weighted by molar-refractivity contribution is -0.172. The number of cyclic esters (lactones) is 1. The highest BCUT2D eigenvalue weighted by molar-refractivity contribution is 5.88. The van der Waals surface area contributed by atoms with Crippen molar-refractivity contribution in [1.29, 1.82) is 0 Å². The number of benzene rings is 1. The summed E-state index contributed by atoms with van der Waals surface area (Å²) in [6.07, 6.45) is 0.133. The summed E-state index contributed by atoms with van der Waals surface area (Å²) in [5.74, 6) is -0.708. The standard InChI is InChI=1S/C23H23N3O4/c1-4-23(29)17-9-19-20-14(11-26(19)21(27)16(17)12-30-22(23)28)8-15-13(10-25(2)3)6-5-7-18(15)24-20/h5-9,29H,4,10-12H2,1-3H3/t23-/m0/s1. The van der Waals surface area contributed by atoms with E-state index in [0.717, 1.165) is 28.7 Å². The highest BCUT2D eigenvalue weighted by atomic mass is 16.6. The number of rotatable bonds is 3. The topological polar surface area (TPSA) is 84.7 Å². The number of nitrogens with zero attached hydrogens (tertiary/aromatic N) is 3. The number of pyridine rings is 2. The predicted octanol–water partition coefficient (Wildman–Crippen LogP) is 2.14. The van der Waals surface area contributed by atoms with Gasteiger partial charge in [-0.2, -0.15) is 0 Å². The van der Waals surface area contributed by atoms with Crippen LogP contribution in [0.25, 0.3) is 22.3 Å². The van der Waals surface area contributed by atoms with Crippen LogP contribution >= 0.6 is 0 Å². The monoisotopic (exact) mass is 405 g/mol. The molecule has 0 aliphatic carbocycles. The van der Waals surface area contributed by atoms with Gasteiger partial charge in [-0.25, -0.2) is 9.78 Å². The molecule has 3 aromatic rings. The van der Waals surface area contributed by atoms with Gasteiger partial charge in [0.25, 0.3) is 5.56 Å². The van der Waals surface area contributed by atoms with Crippen LogP contribution in [0.15, 0.2) is 35.1 Å². The Labute approximate surface area is 173 Å². The molecule has 1 aromatic carbocycles. The summed E-state index contributed by atoms with van der Waals surface area (Å²) < 4.78 is 6.78. The molecule has 7 heteroatoms. The highest BCUT2D eigenvalue weighted by Gasteiger charge is 2.45. The Morgan fingerprint density at radius 3 is 2.80 bits per heavy atom. The average molecular weight is 405 g/mol. The van der Waals surface area contributed by atoms with Crippen LogP contribution in [0.2, 0.25) is 0 Å². The van der Waals surface area contributed by atoms with Crippen molar-refractivity contribution in [1.82, 2.24) is 14.5 Å². The third kappa shape index (κ3) is 2.55. The fraction of sp³-hybridized carbons (Fsp3) is 0.348. The van der Waals surface area contributed by atoms with Crippen molar-refractivity contribution in [3.05, 3.63) is 62.9 Å². The van der Waals surface area contributed by atoms with E-state index in [0.29, 0.717) is 23.4 Å². The lowest BCUT2D eigenvalue weighted by Crippen LogP contribution is -2.44. The van der Waals surface area contributed by atoms with Crippen molar-refractivity contribution >= 4 is 16.9 Å². The Morgan fingerprint density at radius 1 is 1.27 bits per heavy atom. The van der Waals surface area contributed by atoms with Gasteiger partial charge in [0.15, 0.2) is 5.60 Å². The normalized spacial score (nSPS) is 19.6. The fourth-order valence-electron chi connectivity index (χ4n) is 4.54. The van der Waals surface area contributed by atoms with Crippen LogP contribution in [-0.4, -0.2) is 39.6 Å². The second-order valence-corrected chi connectivity index (χ2v) is 8.32. The molecule has 2 aliphatic rings. The van der Waals surface area contributed by atoms with Crippen LogP contribution in [0.3, 0.4) is 0 Å². The summed E-state index contributed by atoms with van der Waals surface area (Å²) in [7, 11) is 4.05. The van der Waals surface area contributed by atoms with E-state index < -0.39 is 11.6 Å². The zero-order valence-electron chi connectivity index (χ0n) is 17.2. The maximum absolute atomic E-state index is 13.2. The van der Waals surface area contributed by atoms with E-state index in [1.54, 1.807) is 17.6 Å². The first kappa shape index (κ1) is 19.0. The molecular formula is C23H23N3O4. The third-order valence-electron chi connectivity index (χ3n) is 6.13. The van der Waals surface area contributed by atoms with Gasteiger partial charge in [0.05, 0.1) is 29.0 Å². The molecule has 1 atom stereocenters. The summed E-state index contributed by atoms with van der Waals surface area (Å²) in [6.45, 7) is 2.79. The number of hydrogen-bond acceptors (Lipinski definition) is 6. The molecule has 154 valence electrons. The smallest absolute Gasteiger partial charge is 0.343 e. The quantitative estimate of drug-likeness (QED) is 0.526. The largest absolute Gasteiger partial charge is 0.458 e. The minimum absolute atomic E-state index is 0.117. The minimum Gasteiger partial charge on any atom is -0.458 e. The lowest BCUT2D eigenvalue weighted by atomic mass is 9.86.